The third-order valence-corrected chi connectivity index (χ3v) is 3.83. The van der Waals surface area contributed by atoms with Gasteiger partial charge in [0.25, 0.3) is 0 Å². The molecule has 0 unspecified atom stereocenters. The van der Waals surface area contributed by atoms with E-state index in [-0.39, 0.29) is 5.91 Å². The molecule has 1 heterocycles. The highest BCUT2D eigenvalue weighted by Gasteiger charge is 2.17. The monoisotopic (exact) mass is 251 g/mol. The van der Waals surface area contributed by atoms with Crippen LogP contribution >= 0.6 is 0 Å². The zero-order valence-electron chi connectivity index (χ0n) is 12.2. The average molecular weight is 251 g/mol. The lowest BCUT2D eigenvalue weighted by molar-refractivity contribution is -0.127. The standard InChI is InChI=1S/C16H29NO/c1-3-4-5-6-7-8-9-10-16(18)17-13-11-15(2)12-14-17/h9-10,15H,3-8,11-14H2,1-2H3/b10-9+. The second-order valence-corrected chi connectivity index (χ2v) is 5.61. The van der Waals surface area contributed by atoms with E-state index in [1.807, 2.05) is 4.90 Å². The van der Waals surface area contributed by atoms with E-state index in [4.69, 9.17) is 0 Å². The molecule has 0 atom stereocenters. The summed E-state index contributed by atoms with van der Waals surface area (Å²) in [7, 11) is 0. The second kappa shape index (κ2) is 9.18. The van der Waals surface area contributed by atoms with Gasteiger partial charge in [0.2, 0.25) is 5.91 Å². The Hall–Kier alpha value is -0.790. The van der Waals surface area contributed by atoms with Crippen molar-refractivity contribution in [2.24, 2.45) is 5.92 Å². The topological polar surface area (TPSA) is 20.3 Å². The summed E-state index contributed by atoms with van der Waals surface area (Å²) in [5, 5.41) is 0. The highest BCUT2D eigenvalue weighted by molar-refractivity contribution is 5.87. The summed E-state index contributed by atoms with van der Waals surface area (Å²) in [5.74, 6) is 1.01. The van der Waals surface area contributed by atoms with Gasteiger partial charge in [0.05, 0.1) is 0 Å². The lowest BCUT2D eigenvalue weighted by Gasteiger charge is -2.29. The number of hydrogen-bond donors (Lipinski definition) is 0. The first-order valence-corrected chi connectivity index (χ1v) is 7.69. The number of piperidine rings is 1. The zero-order chi connectivity index (χ0) is 13.2. The second-order valence-electron chi connectivity index (χ2n) is 5.61. The summed E-state index contributed by atoms with van der Waals surface area (Å²) in [6.45, 7) is 6.40. The van der Waals surface area contributed by atoms with Gasteiger partial charge in [0.1, 0.15) is 0 Å². The molecule has 1 fully saturated rings. The Balaban J connectivity index is 2.08. The summed E-state index contributed by atoms with van der Waals surface area (Å²) < 4.78 is 0. The van der Waals surface area contributed by atoms with E-state index >= 15 is 0 Å². The number of likely N-dealkylation sites (tertiary alicyclic amines) is 1. The number of hydrogen-bond acceptors (Lipinski definition) is 1. The van der Waals surface area contributed by atoms with Gasteiger partial charge < -0.3 is 4.90 Å². The van der Waals surface area contributed by atoms with E-state index in [1.54, 1.807) is 6.08 Å². The fourth-order valence-electron chi connectivity index (χ4n) is 2.38. The molecule has 2 heteroatoms. The number of carbonyl (C=O) groups is 1. The number of amides is 1. The number of unbranched alkanes of at least 4 members (excludes halogenated alkanes) is 5. The van der Waals surface area contributed by atoms with Gasteiger partial charge in [-0.05, 0) is 37.7 Å². The molecule has 18 heavy (non-hydrogen) atoms. The molecule has 0 aromatic rings. The van der Waals surface area contributed by atoms with E-state index in [0.717, 1.165) is 38.3 Å². The summed E-state index contributed by atoms with van der Waals surface area (Å²) in [6, 6.07) is 0. The highest BCUT2D eigenvalue weighted by atomic mass is 16.2. The third-order valence-electron chi connectivity index (χ3n) is 3.83. The van der Waals surface area contributed by atoms with Gasteiger partial charge in [0.15, 0.2) is 0 Å². The van der Waals surface area contributed by atoms with Crippen LogP contribution in [0.2, 0.25) is 0 Å². The molecule has 1 aliphatic heterocycles. The minimum atomic E-state index is 0.218. The molecule has 0 saturated carbocycles. The summed E-state index contributed by atoms with van der Waals surface area (Å²) >= 11 is 0. The molecule has 104 valence electrons. The van der Waals surface area contributed by atoms with Crippen molar-refractivity contribution in [3.8, 4) is 0 Å². The van der Waals surface area contributed by atoms with Crippen molar-refractivity contribution in [1.29, 1.82) is 0 Å². The van der Waals surface area contributed by atoms with Crippen molar-refractivity contribution in [3.05, 3.63) is 12.2 Å². The Labute approximate surface area is 112 Å². The van der Waals surface area contributed by atoms with Crippen LogP contribution in [0.5, 0.6) is 0 Å². The Morgan fingerprint density at radius 1 is 1.17 bits per heavy atom. The first-order chi connectivity index (χ1) is 8.74. The van der Waals surface area contributed by atoms with Crippen LogP contribution < -0.4 is 0 Å². The molecule has 2 nitrogen and oxygen atoms in total. The molecule has 1 saturated heterocycles. The molecule has 0 aliphatic carbocycles. The van der Waals surface area contributed by atoms with Gasteiger partial charge in [-0.25, -0.2) is 0 Å². The van der Waals surface area contributed by atoms with E-state index < -0.39 is 0 Å². The molecule has 0 spiro atoms. The van der Waals surface area contributed by atoms with Gasteiger partial charge in [-0.1, -0.05) is 45.6 Å². The predicted octanol–water partition coefficient (Wildman–Crippen LogP) is 4.16. The van der Waals surface area contributed by atoms with Gasteiger partial charge in [-0.15, -0.1) is 0 Å². The smallest absolute Gasteiger partial charge is 0.246 e. The van der Waals surface area contributed by atoms with Crippen LogP contribution in [0.3, 0.4) is 0 Å². The van der Waals surface area contributed by atoms with Crippen molar-refractivity contribution in [2.75, 3.05) is 13.1 Å². The minimum absolute atomic E-state index is 0.218. The fraction of sp³-hybridized carbons (Fsp3) is 0.812. The van der Waals surface area contributed by atoms with Crippen LogP contribution in [0.1, 0.15) is 65.2 Å². The molecule has 1 rings (SSSR count). The lowest BCUT2D eigenvalue weighted by Crippen LogP contribution is -2.36. The average Bonchev–Trinajstić information content (AvgIpc) is 2.38. The molecule has 1 amide bonds. The van der Waals surface area contributed by atoms with Gasteiger partial charge in [-0.2, -0.15) is 0 Å². The van der Waals surface area contributed by atoms with Crippen LogP contribution in [0.4, 0.5) is 0 Å². The lowest BCUT2D eigenvalue weighted by atomic mass is 9.99. The predicted molar refractivity (Wildman–Crippen MR) is 77.5 cm³/mol. The van der Waals surface area contributed by atoms with Crippen molar-refractivity contribution < 1.29 is 4.79 Å². The minimum Gasteiger partial charge on any atom is -0.339 e. The molecular formula is C16H29NO. The van der Waals surface area contributed by atoms with Gasteiger partial charge in [-0.3, -0.25) is 4.79 Å². The molecule has 0 N–H and O–H groups in total. The third kappa shape index (κ3) is 6.23. The maximum absolute atomic E-state index is 11.9. The quantitative estimate of drug-likeness (QED) is 0.491. The van der Waals surface area contributed by atoms with Gasteiger partial charge >= 0.3 is 0 Å². The Kier molecular flexibility index (Phi) is 7.79. The normalized spacial score (nSPS) is 17.6. The van der Waals surface area contributed by atoms with Crippen molar-refractivity contribution in [1.82, 2.24) is 4.90 Å². The summed E-state index contributed by atoms with van der Waals surface area (Å²) in [6.07, 6.45) is 13.7. The van der Waals surface area contributed by atoms with Crippen LogP contribution in [0.25, 0.3) is 0 Å². The van der Waals surface area contributed by atoms with Crippen LogP contribution in [0.15, 0.2) is 12.2 Å². The summed E-state index contributed by atoms with van der Waals surface area (Å²) in [4.78, 5) is 13.9. The van der Waals surface area contributed by atoms with E-state index in [0.29, 0.717) is 0 Å². The SMILES string of the molecule is CCCCCCC/C=C/C(=O)N1CCC(C)CC1. The van der Waals surface area contributed by atoms with E-state index in [9.17, 15) is 4.79 Å². The zero-order valence-corrected chi connectivity index (χ0v) is 12.2. The van der Waals surface area contributed by atoms with Crippen LogP contribution in [-0.2, 0) is 4.79 Å². The Morgan fingerprint density at radius 2 is 1.83 bits per heavy atom. The fourth-order valence-corrected chi connectivity index (χ4v) is 2.38. The van der Waals surface area contributed by atoms with Crippen LogP contribution in [-0.4, -0.2) is 23.9 Å². The molecular weight excluding hydrogens is 222 g/mol. The maximum Gasteiger partial charge on any atom is 0.246 e. The maximum atomic E-state index is 11.9. The number of carbonyl (C=O) groups excluding carboxylic acids is 1. The first kappa shape index (κ1) is 15.3. The van der Waals surface area contributed by atoms with E-state index in [1.165, 1.54) is 32.1 Å². The number of nitrogens with zero attached hydrogens (tertiary/aromatic N) is 1. The van der Waals surface area contributed by atoms with Crippen LogP contribution in [0, 0.1) is 5.92 Å². The molecule has 1 aliphatic rings. The molecule has 0 radical (unpaired) electrons. The largest absolute Gasteiger partial charge is 0.339 e. The van der Waals surface area contributed by atoms with E-state index in [2.05, 4.69) is 19.9 Å². The highest BCUT2D eigenvalue weighted by Crippen LogP contribution is 2.16. The summed E-state index contributed by atoms with van der Waals surface area (Å²) in [5.41, 5.74) is 0. The Morgan fingerprint density at radius 3 is 2.50 bits per heavy atom. The molecule has 0 bridgehead atoms. The number of allylic oxidation sites excluding steroid dienone is 1. The molecule has 0 aromatic heterocycles. The van der Waals surface area contributed by atoms with Crippen molar-refractivity contribution >= 4 is 5.91 Å². The number of rotatable bonds is 7. The molecule has 0 aromatic carbocycles. The van der Waals surface area contributed by atoms with Gasteiger partial charge in [0, 0.05) is 13.1 Å². The van der Waals surface area contributed by atoms with Crippen molar-refractivity contribution in [2.45, 2.75) is 65.2 Å². The van der Waals surface area contributed by atoms with Crippen molar-refractivity contribution in [3.63, 3.8) is 0 Å². The first-order valence-electron chi connectivity index (χ1n) is 7.69. The Bertz CT molecular complexity index is 252.